The van der Waals surface area contributed by atoms with Crippen molar-refractivity contribution < 1.29 is 4.74 Å². The third kappa shape index (κ3) is 9.54. The number of hydrogen-bond acceptors (Lipinski definition) is 6. The molecule has 0 spiro atoms. The minimum Gasteiger partial charge on any atom is -0.458 e. The highest BCUT2D eigenvalue weighted by molar-refractivity contribution is 6.99. The van der Waals surface area contributed by atoms with Crippen LogP contribution >= 0.6 is 0 Å². The summed E-state index contributed by atoms with van der Waals surface area (Å²) < 4.78 is 7.32. The van der Waals surface area contributed by atoms with Crippen LogP contribution in [0.3, 0.4) is 0 Å². The van der Waals surface area contributed by atoms with Gasteiger partial charge in [0.1, 0.15) is 11.5 Å². The van der Waals surface area contributed by atoms with Crippen LogP contribution in [0.15, 0.2) is 249 Å². The number of ether oxygens (including phenoxy) is 1. The Labute approximate surface area is 494 Å². The fourth-order valence-electron chi connectivity index (χ4n) is 12.4. The molecule has 13 rings (SSSR count). The van der Waals surface area contributed by atoms with Gasteiger partial charge in [-0.2, -0.15) is 10.5 Å². The van der Waals surface area contributed by atoms with Crippen molar-refractivity contribution in [3.8, 4) is 57.0 Å². The summed E-state index contributed by atoms with van der Waals surface area (Å²) in [7, 11) is 0. The lowest BCUT2D eigenvalue weighted by Gasteiger charge is -2.41. The van der Waals surface area contributed by atoms with Crippen molar-refractivity contribution in [2.24, 2.45) is 0 Å². The van der Waals surface area contributed by atoms with Crippen LogP contribution < -0.4 is 35.8 Å². The Bertz CT molecular complexity index is 4320. The van der Waals surface area contributed by atoms with Crippen LogP contribution in [-0.4, -0.2) is 6.71 Å². The van der Waals surface area contributed by atoms with E-state index in [9.17, 15) is 10.5 Å². The molecule has 6 nitrogen and oxygen atoms in total. The standard InChI is InChI=1S/C77H62BN5O/c1-51-41-71-74-73(42-51)84-72-47-56(62-43-52(49-79)33-39-68(62)81(58-25-15-9-16-26-58)59-27-17-10-18-28-59)35-38-67(72)78(74)66-37-34-55(46-70(66)83(71)69-40-36-57(76(2,3)4)48-63(69)54-23-13-8-14-24-54)64-44-53(50-80)45-65(77(5,6)7)75(64)82(60-29-19-11-20-30-60)61-31-21-12-22-32-61/h8-48H,1-7H3. The zero-order valence-electron chi connectivity index (χ0n) is 48.4. The molecular weight excluding hydrogens is 1020 g/mol. The molecule has 0 N–H and O–H groups in total. The number of hydrogen-bond donors (Lipinski definition) is 0. The Balaban J connectivity index is 1.08. The number of benzene rings is 11. The van der Waals surface area contributed by atoms with Gasteiger partial charge in [0.15, 0.2) is 0 Å². The Morgan fingerprint density at radius 2 is 0.964 bits per heavy atom. The molecule has 84 heavy (non-hydrogen) atoms. The van der Waals surface area contributed by atoms with Crippen molar-refractivity contribution in [1.29, 1.82) is 10.5 Å². The Morgan fingerprint density at radius 1 is 0.417 bits per heavy atom. The summed E-state index contributed by atoms with van der Waals surface area (Å²) in [5.41, 5.74) is 22.4. The van der Waals surface area contributed by atoms with Crippen LogP contribution in [0.25, 0.3) is 33.4 Å². The molecule has 404 valence electrons. The maximum absolute atomic E-state index is 11.0. The quantitative estimate of drug-likeness (QED) is 0.127. The first-order valence-corrected chi connectivity index (χ1v) is 28.8. The van der Waals surface area contributed by atoms with Crippen molar-refractivity contribution in [1.82, 2.24) is 0 Å². The first-order chi connectivity index (χ1) is 40.7. The zero-order valence-corrected chi connectivity index (χ0v) is 48.4. The molecular formula is C77H62BN5O. The van der Waals surface area contributed by atoms with E-state index < -0.39 is 0 Å². The fraction of sp³-hybridized carbons (Fsp3) is 0.117. The average molecular weight is 1080 g/mol. The van der Waals surface area contributed by atoms with E-state index in [1.165, 1.54) is 5.56 Å². The molecule has 0 saturated carbocycles. The summed E-state index contributed by atoms with van der Waals surface area (Å²) >= 11 is 0. The van der Waals surface area contributed by atoms with Crippen LogP contribution in [0.2, 0.25) is 0 Å². The Morgan fingerprint density at radius 3 is 1.54 bits per heavy atom. The molecule has 0 bridgehead atoms. The molecule has 0 atom stereocenters. The molecule has 0 radical (unpaired) electrons. The SMILES string of the molecule is Cc1cc2c3c(c1)N(c1ccc(C(C)(C)C)cc1-c1ccccc1)c1cc(-c4cc(C#N)cc(C(C)(C)C)c4N(c4ccccc4)c4ccccc4)ccc1B3c1ccc(-c3cc(C#N)ccc3N(c3ccccc3)c3ccccc3)cc1O2. The molecule has 11 aromatic carbocycles. The second kappa shape index (κ2) is 21.2. The number of nitrogens with zero attached hydrogens (tertiary/aromatic N) is 5. The van der Waals surface area contributed by atoms with Crippen LogP contribution in [-0.2, 0) is 10.8 Å². The van der Waals surface area contributed by atoms with Crippen LogP contribution in [0.1, 0.15) is 69.4 Å². The number of nitriles is 2. The van der Waals surface area contributed by atoms with E-state index in [1.807, 2.05) is 24.3 Å². The number of para-hydroxylation sites is 4. The summed E-state index contributed by atoms with van der Waals surface area (Å²) in [6.45, 7) is 15.5. The van der Waals surface area contributed by atoms with Crippen molar-refractivity contribution >= 4 is 74.3 Å². The maximum atomic E-state index is 11.0. The van der Waals surface area contributed by atoms with E-state index >= 15 is 0 Å². The summed E-state index contributed by atoms with van der Waals surface area (Å²) in [6, 6.07) is 92.8. The van der Waals surface area contributed by atoms with Gasteiger partial charge < -0.3 is 19.4 Å². The average Bonchev–Trinajstić information content (AvgIpc) is 0.975. The maximum Gasteiger partial charge on any atom is 0.256 e. The summed E-state index contributed by atoms with van der Waals surface area (Å²) in [4.78, 5) is 7.09. The lowest BCUT2D eigenvalue weighted by Crippen LogP contribution is -2.59. The normalized spacial score (nSPS) is 12.2. The van der Waals surface area contributed by atoms with E-state index in [2.05, 4.69) is 300 Å². The first-order valence-electron chi connectivity index (χ1n) is 28.8. The predicted octanol–water partition coefficient (Wildman–Crippen LogP) is 18.7. The highest BCUT2D eigenvalue weighted by Gasteiger charge is 2.43. The Hall–Kier alpha value is -10.3. The molecule has 0 aromatic heterocycles. The predicted molar refractivity (Wildman–Crippen MR) is 350 cm³/mol. The van der Waals surface area contributed by atoms with Crippen LogP contribution in [0.5, 0.6) is 11.5 Å². The summed E-state index contributed by atoms with van der Waals surface area (Å²) in [6.07, 6.45) is 0. The molecule has 0 saturated heterocycles. The van der Waals surface area contributed by atoms with E-state index in [1.54, 1.807) is 0 Å². The highest BCUT2D eigenvalue weighted by Crippen LogP contribution is 2.51. The molecule has 0 aliphatic carbocycles. The van der Waals surface area contributed by atoms with Crippen LogP contribution in [0.4, 0.5) is 51.2 Å². The van der Waals surface area contributed by atoms with Gasteiger partial charge in [0.05, 0.1) is 40.3 Å². The molecule has 2 aliphatic heterocycles. The number of fused-ring (bicyclic) bond motifs is 4. The smallest absolute Gasteiger partial charge is 0.256 e. The largest absolute Gasteiger partial charge is 0.458 e. The van der Waals surface area contributed by atoms with Gasteiger partial charge in [-0.3, -0.25) is 0 Å². The summed E-state index contributed by atoms with van der Waals surface area (Å²) in [5, 5.41) is 21.4. The lowest BCUT2D eigenvalue weighted by molar-refractivity contribution is 0.487. The number of anilines is 9. The Kier molecular flexibility index (Phi) is 13.4. The molecule has 2 aliphatic rings. The van der Waals surface area contributed by atoms with Crippen LogP contribution in [0, 0.1) is 29.6 Å². The zero-order chi connectivity index (χ0) is 57.9. The molecule has 7 heteroatoms. The number of rotatable bonds is 10. The van der Waals surface area contributed by atoms with Gasteiger partial charge in [-0.1, -0.05) is 175 Å². The second-order valence-corrected chi connectivity index (χ2v) is 24.1. The van der Waals surface area contributed by atoms with Crippen molar-refractivity contribution in [3.05, 3.63) is 277 Å². The van der Waals surface area contributed by atoms with Gasteiger partial charge in [0, 0.05) is 50.8 Å². The third-order valence-corrected chi connectivity index (χ3v) is 16.4. The molecule has 2 heterocycles. The second-order valence-electron chi connectivity index (χ2n) is 24.1. The van der Waals surface area contributed by atoms with Gasteiger partial charge in [0.2, 0.25) is 0 Å². The van der Waals surface area contributed by atoms with E-state index in [4.69, 9.17) is 4.74 Å². The monoisotopic (exact) mass is 1080 g/mol. The number of aryl methyl sites for hydroxylation is 1. The minimum absolute atomic E-state index is 0.118. The van der Waals surface area contributed by atoms with Crippen molar-refractivity contribution in [3.63, 3.8) is 0 Å². The summed E-state index contributed by atoms with van der Waals surface area (Å²) in [5.74, 6) is 1.55. The fourth-order valence-corrected chi connectivity index (χ4v) is 12.4. The van der Waals surface area contributed by atoms with E-state index in [-0.39, 0.29) is 17.5 Å². The first kappa shape index (κ1) is 53.0. The molecule has 0 unspecified atom stereocenters. The minimum atomic E-state index is -0.367. The van der Waals surface area contributed by atoms with Gasteiger partial charge in [-0.05, 0) is 183 Å². The highest BCUT2D eigenvalue weighted by atomic mass is 16.5. The molecule has 0 amide bonds. The van der Waals surface area contributed by atoms with Gasteiger partial charge in [-0.15, -0.1) is 0 Å². The van der Waals surface area contributed by atoms with Crippen molar-refractivity contribution in [2.45, 2.75) is 59.3 Å². The van der Waals surface area contributed by atoms with Gasteiger partial charge in [-0.25, -0.2) is 0 Å². The van der Waals surface area contributed by atoms with Crippen molar-refractivity contribution in [2.75, 3.05) is 14.7 Å². The molecule has 0 fully saturated rings. The van der Waals surface area contributed by atoms with E-state index in [0.29, 0.717) is 11.1 Å². The van der Waals surface area contributed by atoms with E-state index in [0.717, 1.165) is 124 Å². The third-order valence-electron chi connectivity index (χ3n) is 16.4. The van der Waals surface area contributed by atoms with Gasteiger partial charge in [0.25, 0.3) is 6.71 Å². The topological polar surface area (TPSA) is 66.5 Å². The van der Waals surface area contributed by atoms with Gasteiger partial charge >= 0.3 is 0 Å². The molecule has 11 aromatic rings. The lowest BCUT2D eigenvalue weighted by atomic mass is 9.34.